The number of aryl methyl sites for hydroxylation is 2. The average Bonchev–Trinajstić information content (AvgIpc) is 2.15. The highest BCUT2D eigenvalue weighted by atomic mass is 16.5. The zero-order chi connectivity index (χ0) is 12.0. The van der Waals surface area contributed by atoms with E-state index < -0.39 is 5.91 Å². The van der Waals surface area contributed by atoms with Crippen molar-refractivity contribution < 1.29 is 9.53 Å². The number of primary amides is 1. The van der Waals surface area contributed by atoms with Gasteiger partial charge in [0.05, 0.1) is 6.61 Å². The largest absolute Gasteiger partial charge is 0.370 e. The Hall–Kier alpha value is -1.69. The number of amides is 1. The van der Waals surface area contributed by atoms with Crippen LogP contribution in [0.4, 0.5) is 5.95 Å². The lowest BCUT2D eigenvalue weighted by Gasteiger charge is -2.06. The topological polar surface area (TPSA) is 90.1 Å². The SMILES string of the molecule is Cc1cc(C)nc(NCCOCC(N)=O)n1. The van der Waals surface area contributed by atoms with E-state index in [1.54, 1.807) is 0 Å². The van der Waals surface area contributed by atoms with Crippen molar-refractivity contribution in [2.75, 3.05) is 25.1 Å². The van der Waals surface area contributed by atoms with Crippen molar-refractivity contribution in [1.82, 2.24) is 9.97 Å². The molecule has 1 amide bonds. The zero-order valence-corrected chi connectivity index (χ0v) is 9.49. The van der Waals surface area contributed by atoms with Gasteiger partial charge in [-0.1, -0.05) is 0 Å². The van der Waals surface area contributed by atoms with Gasteiger partial charge in [-0.25, -0.2) is 9.97 Å². The quantitative estimate of drug-likeness (QED) is 0.664. The summed E-state index contributed by atoms with van der Waals surface area (Å²) in [6, 6.07) is 1.90. The Balaban J connectivity index is 2.29. The number of hydrogen-bond acceptors (Lipinski definition) is 5. The van der Waals surface area contributed by atoms with Gasteiger partial charge in [0.25, 0.3) is 0 Å². The monoisotopic (exact) mass is 224 g/mol. The number of aromatic nitrogens is 2. The maximum absolute atomic E-state index is 10.4. The van der Waals surface area contributed by atoms with E-state index in [9.17, 15) is 4.79 Å². The zero-order valence-electron chi connectivity index (χ0n) is 9.49. The molecule has 6 nitrogen and oxygen atoms in total. The van der Waals surface area contributed by atoms with Gasteiger partial charge in [0.1, 0.15) is 6.61 Å². The molecule has 0 aromatic carbocycles. The van der Waals surface area contributed by atoms with Crippen LogP contribution in [0, 0.1) is 13.8 Å². The third kappa shape index (κ3) is 4.70. The fourth-order valence-electron chi connectivity index (χ4n) is 1.21. The van der Waals surface area contributed by atoms with Crippen LogP contribution >= 0.6 is 0 Å². The number of hydrogen-bond donors (Lipinski definition) is 2. The van der Waals surface area contributed by atoms with E-state index in [2.05, 4.69) is 15.3 Å². The summed E-state index contributed by atoms with van der Waals surface area (Å²) in [7, 11) is 0. The van der Waals surface area contributed by atoms with Gasteiger partial charge in [0.2, 0.25) is 11.9 Å². The molecule has 0 saturated carbocycles. The van der Waals surface area contributed by atoms with Gasteiger partial charge in [-0.05, 0) is 19.9 Å². The first-order valence-electron chi connectivity index (χ1n) is 5.00. The van der Waals surface area contributed by atoms with Crippen LogP contribution in [0.25, 0.3) is 0 Å². The van der Waals surface area contributed by atoms with Crippen LogP contribution in [0.1, 0.15) is 11.4 Å². The number of nitrogens with two attached hydrogens (primary N) is 1. The molecule has 0 unspecified atom stereocenters. The van der Waals surface area contributed by atoms with Gasteiger partial charge in [-0.15, -0.1) is 0 Å². The second-order valence-electron chi connectivity index (χ2n) is 3.42. The summed E-state index contributed by atoms with van der Waals surface area (Å²) in [6.07, 6.45) is 0. The Labute approximate surface area is 94.2 Å². The fourth-order valence-corrected chi connectivity index (χ4v) is 1.21. The molecule has 0 fully saturated rings. The number of ether oxygens (including phenoxy) is 1. The molecular formula is C10H16N4O2. The van der Waals surface area contributed by atoms with Gasteiger partial charge in [-0.3, -0.25) is 4.79 Å². The molecule has 1 aromatic rings. The summed E-state index contributed by atoms with van der Waals surface area (Å²) in [5.41, 5.74) is 6.74. The average molecular weight is 224 g/mol. The molecular weight excluding hydrogens is 208 g/mol. The predicted octanol–water partition coefficient (Wildman–Crippen LogP) is 0.00724. The molecule has 0 aliphatic carbocycles. The molecule has 3 N–H and O–H groups in total. The van der Waals surface area contributed by atoms with Crippen LogP contribution in [-0.4, -0.2) is 35.6 Å². The van der Waals surface area contributed by atoms with Gasteiger partial charge in [0, 0.05) is 17.9 Å². The lowest BCUT2D eigenvalue weighted by atomic mass is 10.4. The normalized spacial score (nSPS) is 10.1. The maximum Gasteiger partial charge on any atom is 0.243 e. The van der Waals surface area contributed by atoms with E-state index in [4.69, 9.17) is 10.5 Å². The van der Waals surface area contributed by atoms with Gasteiger partial charge >= 0.3 is 0 Å². The fraction of sp³-hybridized carbons (Fsp3) is 0.500. The number of anilines is 1. The molecule has 0 aliphatic heterocycles. The molecule has 0 aliphatic rings. The molecule has 0 atom stereocenters. The summed E-state index contributed by atoms with van der Waals surface area (Å²) < 4.78 is 4.98. The Morgan fingerprint density at radius 3 is 2.62 bits per heavy atom. The number of nitrogens with zero attached hydrogens (tertiary/aromatic N) is 2. The van der Waals surface area contributed by atoms with Crippen molar-refractivity contribution in [3.63, 3.8) is 0 Å². The number of carbonyl (C=O) groups excluding carboxylic acids is 1. The minimum absolute atomic E-state index is 0.0601. The van der Waals surface area contributed by atoms with E-state index in [1.165, 1.54) is 0 Å². The van der Waals surface area contributed by atoms with Crippen molar-refractivity contribution in [2.24, 2.45) is 5.73 Å². The summed E-state index contributed by atoms with van der Waals surface area (Å²) in [5.74, 6) is 0.0998. The maximum atomic E-state index is 10.4. The summed E-state index contributed by atoms with van der Waals surface area (Å²) >= 11 is 0. The second kappa shape index (κ2) is 6.02. The lowest BCUT2D eigenvalue weighted by Crippen LogP contribution is -2.21. The molecule has 88 valence electrons. The molecule has 0 saturated heterocycles. The molecule has 0 spiro atoms. The number of rotatable bonds is 6. The molecule has 0 bridgehead atoms. The Kier molecular flexibility index (Phi) is 4.65. The molecule has 1 aromatic heterocycles. The molecule has 0 radical (unpaired) electrons. The van der Waals surface area contributed by atoms with E-state index in [0.717, 1.165) is 11.4 Å². The Bertz CT molecular complexity index is 348. The van der Waals surface area contributed by atoms with E-state index >= 15 is 0 Å². The van der Waals surface area contributed by atoms with Crippen molar-refractivity contribution in [1.29, 1.82) is 0 Å². The summed E-state index contributed by atoms with van der Waals surface area (Å²) in [4.78, 5) is 18.8. The van der Waals surface area contributed by atoms with Crippen LogP contribution in [0.2, 0.25) is 0 Å². The highest BCUT2D eigenvalue weighted by molar-refractivity contribution is 5.74. The smallest absolute Gasteiger partial charge is 0.243 e. The summed E-state index contributed by atoms with van der Waals surface area (Å²) in [5, 5.41) is 3.00. The van der Waals surface area contributed by atoms with Gasteiger partial charge in [0.15, 0.2) is 0 Å². The van der Waals surface area contributed by atoms with Crippen molar-refractivity contribution in [3.05, 3.63) is 17.5 Å². The van der Waals surface area contributed by atoms with Gasteiger partial charge in [-0.2, -0.15) is 0 Å². The molecule has 16 heavy (non-hydrogen) atoms. The van der Waals surface area contributed by atoms with Crippen molar-refractivity contribution >= 4 is 11.9 Å². The van der Waals surface area contributed by atoms with E-state index in [-0.39, 0.29) is 6.61 Å². The molecule has 1 heterocycles. The molecule has 6 heteroatoms. The van der Waals surface area contributed by atoms with Crippen molar-refractivity contribution in [3.8, 4) is 0 Å². The summed E-state index contributed by atoms with van der Waals surface area (Å²) in [6.45, 7) is 4.68. The highest BCUT2D eigenvalue weighted by Crippen LogP contribution is 2.02. The third-order valence-electron chi connectivity index (χ3n) is 1.76. The van der Waals surface area contributed by atoms with Crippen LogP contribution in [0.3, 0.4) is 0 Å². The minimum atomic E-state index is -0.470. The van der Waals surface area contributed by atoms with Crippen molar-refractivity contribution in [2.45, 2.75) is 13.8 Å². The van der Waals surface area contributed by atoms with Crippen LogP contribution in [-0.2, 0) is 9.53 Å². The number of carbonyl (C=O) groups is 1. The Morgan fingerprint density at radius 2 is 2.06 bits per heavy atom. The first kappa shape index (κ1) is 12.4. The predicted molar refractivity (Wildman–Crippen MR) is 60.0 cm³/mol. The molecule has 1 rings (SSSR count). The third-order valence-corrected chi connectivity index (χ3v) is 1.76. The standard InChI is InChI=1S/C10H16N4O2/c1-7-5-8(2)14-10(13-7)12-3-4-16-6-9(11)15/h5H,3-4,6H2,1-2H3,(H2,11,15)(H,12,13,14). The lowest BCUT2D eigenvalue weighted by molar-refractivity contribution is -0.122. The Morgan fingerprint density at radius 1 is 1.44 bits per heavy atom. The highest BCUT2D eigenvalue weighted by Gasteiger charge is 1.98. The first-order valence-corrected chi connectivity index (χ1v) is 5.00. The van der Waals surface area contributed by atoms with Crippen LogP contribution < -0.4 is 11.1 Å². The van der Waals surface area contributed by atoms with Crippen LogP contribution in [0.15, 0.2) is 6.07 Å². The minimum Gasteiger partial charge on any atom is -0.370 e. The second-order valence-corrected chi connectivity index (χ2v) is 3.42. The van der Waals surface area contributed by atoms with Gasteiger partial charge < -0.3 is 15.8 Å². The van der Waals surface area contributed by atoms with Crippen LogP contribution in [0.5, 0.6) is 0 Å². The van der Waals surface area contributed by atoms with E-state index in [0.29, 0.717) is 19.1 Å². The number of nitrogens with one attached hydrogen (secondary N) is 1. The van der Waals surface area contributed by atoms with E-state index in [1.807, 2.05) is 19.9 Å². The first-order chi connectivity index (χ1) is 7.58.